The maximum absolute atomic E-state index is 11.2. The maximum Gasteiger partial charge on any atom is 0.428 e. The van der Waals surface area contributed by atoms with E-state index < -0.39 is 0 Å². The van der Waals surface area contributed by atoms with Gasteiger partial charge in [0.1, 0.15) is 6.61 Å². The Labute approximate surface area is 102 Å². The molecule has 1 aromatic carbocycles. The van der Waals surface area contributed by atoms with Crippen molar-refractivity contribution < 1.29 is 9.53 Å². The van der Waals surface area contributed by atoms with E-state index in [1.807, 2.05) is 12.1 Å². The number of amides is 1. The highest BCUT2D eigenvalue weighted by Gasteiger charge is 2.22. The summed E-state index contributed by atoms with van der Waals surface area (Å²) in [4.78, 5) is 11.2. The van der Waals surface area contributed by atoms with E-state index >= 15 is 0 Å². The first-order chi connectivity index (χ1) is 7.97. The summed E-state index contributed by atoms with van der Waals surface area (Å²) in [6.45, 7) is 7.56. The third-order valence-corrected chi connectivity index (χ3v) is 2.78. The molecule has 1 heterocycles. The Bertz CT molecular complexity index is 406. The molecule has 17 heavy (non-hydrogen) atoms. The molecular formula is C13H18N2O2. The summed E-state index contributed by atoms with van der Waals surface area (Å²) in [6.07, 6.45) is -0.315. The van der Waals surface area contributed by atoms with Gasteiger partial charge in [-0.3, -0.25) is 5.43 Å². The molecule has 0 spiro atoms. The minimum absolute atomic E-state index is 0.144. The average molecular weight is 234 g/mol. The highest BCUT2D eigenvalue weighted by Crippen LogP contribution is 2.23. The Hall–Kier alpha value is -1.71. The Morgan fingerprint density at radius 1 is 1.24 bits per heavy atom. The van der Waals surface area contributed by atoms with Crippen LogP contribution >= 0.6 is 0 Å². The fourth-order valence-corrected chi connectivity index (χ4v) is 1.70. The monoisotopic (exact) mass is 234 g/mol. The first kappa shape index (κ1) is 11.8. The zero-order chi connectivity index (χ0) is 12.5. The largest absolute Gasteiger partial charge is 0.446 e. The molecule has 92 valence electrons. The minimum Gasteiger partial charge on any atom is -0.446 e. The summed E-state index contributed by atoms with van der Waals surface area (Å²) in [5.41, 5.74) is 5.34. The van der Waals surface area contributed by atoms with Gasteiger partial charge >= 0.3 is 6.09 Å². The molecule has 1 amide bonds. The lowest BCUT2D eigenvalue weighted by atomic mass is 9.87. The van der Waals surface area contributed by atoms with Gasteiger partial charge in [0, 0.05) is 0 Å². The number of carbonyl (C=O) groups excluding carboxylic acids is 1. The van der Waals surface area contributed by atoms with Crippen LogP contribution in [0.2, 0.25) is 0 Å². The van der Waals surface area contributed by atoms with Gasteiger partial charge in [0.2, 0.25) is 0 Å². The first-order valence-corrected chi connectivity index (χ1v) is 5.78. The number of benzene rings is 1. The number of rotatable bonds is 2. The predicted molar refractivity (Wildman–Crippen MR) is 66.8 cm³/mol. The topological polar surface area (TPSA) is 41.6 Å². The van der Waals surface area contributed by atoms with Crippen LogP contribution in [0.15, 0.2) is 24.3 Å². The highest BCUT2D eigenvalue weighted by atomic mass is 16.6. The fourth-order valence-electron chi connectivity index (χ4n) is 1.70. The summed E-state index contributed by atoms with van der Waals surface area (Å²) in [5.74, 6) is 0. The van der Waals surface area contributed by atoms with E-state index in [-0.39, 0.29) is 11.5 Å². The molecular weight excluding hydrogens is 216 g/mol. The average Bonchev–Trinajstić information content (AvgIpc) is 2.64. The van der Waals surface area contributed by atoms with Gasteiger partial charge in [-0.25, -0.2) is 9.80 Å². The molecule has 0 unspecified atom stereocenters. The molecule has 0 aromatic heterocycles. The van der Waals surface area contributed by atoms with Crippen molar-refractivity contribution in [2.24, 2.45) is 0 Å². The van der Waals surface area contributed by atoms with Crippen LogP contribution in [0.3, 0.4) is 0 Å². The second-order valence-corrected chi connectivity index (χ2v) is 5.21. The molecule has 0 radical (unpaired) electrons. The van der Waals surface area contributed by atoms with Gasteiger partial charge in [0.05, 0.1) is 12.2 Å². The maximum atomic E-state index is 11.2. The summed E-state index contributed by atoms with van der Waals surface area (Å²) in [7, 11) is 0. The number of hydrogen-bond donors (Lipinski definition) is 1. The van der Waals surface area contributed by atoms with Crippen molar-refractivity contribution in [3.8, 4) is 0 Å². The number of hydrogen-bond acceptors (Lipinski definition) is 3. The lowest BCUT2D eigenvalue weighted by molar-refractivity contribution is 0.163. The van der Waals surface area contributed by atoms with Crippen LogP contribution in [0.1, 0.15) is 26.3 Å². The number of cyclic esters (lactones) is 1. The smallest absolute Gasteiger partial charge is 0.428 e. The van der Waals surface area contributed by atoms with E-state index in [1.165, 1.54) is 10.6 Å². The fraction of sp³-hybridized carbons (Fsp3) is 0.462. The van der Waals surface area contributed by atoms with E-state index in [0.717, 1.165) is 5.69 Å². The Balaban J connectivity index is 2.06. The zero-order valence-corrected chi connectivity index (χ0v) is 10.5. The second-order valence-electron chi connectivity index (χ2n) is 5.21. The minimum atomic E-state index is -0.315. The third-order valence-electron chi connectivity index (χ3n) is 2.78. The van der Waals surface area contributed by atoms with Crippen LogP contribution in [-0.2, 0) is 10.2 Å². The molecule has 1 N–H and O–H groups in total. The lowest BCUT2D eigenvalue weighted by Crippen LogP contribution is -2.30. The van der Waals surface area contributed by atoms with Crippen molar-refractivity contribution in [3.05, 3.63) is 29.8 Å². The van der Waals surface area contributed by atoms with Crippen molar-refractivity contribution in [2.75, 3.05) is 18.6 Å². The van der Waals surface area contributed by atoms with Gasteiger partial charge in [-0.2, -0.15) is 0 Å². The van der Waals surface area contributed by atoms with Crippen LogP contribution in [0, 0.1) is 0 Å². The van der Waals surface area contributed by atoms with Gasteiger partial charge in [-0.15, -0.1) is 0 Å². The number of ether oxygens (including phenoxy) is 1. The number of carbonyl (C=O) groups is 1. The summed E-state index contributed by atoms with van der Waals surface area (Å²) < 4.78 is 4.84. The van der Waals surface area contributed by atoms with Crippen LogP contribution in [-0.4, -0.2) is 24.3 Å². The molecule has 0 aliphatic carbocycles. The van der Waals surface area contributed by atoms with Gasteiger partial charge in [0.25, 0.3) is 0 Å². The van der Waals surface area contributed by atoms with E-state index in [1.54, 1.807) is 0 Å². The molecule has 1 aliphatic rings. The van der Waals surface area contributed by atoms with Crippen LogP contribution < -0.4 is 5.43 Å². The lowest BCUT2D eigenvalue weighted by Gasteiger charge is -2.20. The molecule has 0 atom stereocenters. The van der Waals surface area contributed by atoms with E-state index in [2.05, 4.69) is 38.3 Å². The Morgan fingerprint density at radius 2 is 1.88 bits per heavy atom. The summed E-state index contributed by atoms with van der Waals surface area (Å²) in [6, 6.07) is 8.10. The zero-order valence-electron chi connectivity index (χ0n) is 10.5. The molecule has 0 saturated carbocycles. The quantitative estimate of drug-likeness (QED) is 0.855. The van der Waals surface area contributed by atoms with Crippen molar-refractivity contribution in [1.29, 1.82) is 0 Å². The molecule has 4 heteroatoms. The molecule has 0 bridgehead atoms. The highest BCUT2D eigenvalue weighted by molar-refractivity contribution is 5.71. The van der Waals surface area contributed by atoms with Crippen molar-refractivity contribution in [2.45, 2.75) is 26.2 Å². The van der Waals surface area contributed by atoms with Crippen molar-refractivity contribution in [1.82, 2.24) is 5.01 Å². The van der Waals surface area contributed by atoms with Gasteiger partial charge < -0.3 is 4.74 Å². The van der Waals surface area contributed by atoms with Gasteiger partial charge in [-0.1, -0.05) is 32.9 Å². The number of anilines is 1. The first-order valence-electron chi connectivity index (χ1n) is 5.78. The number of nitrogens with one attached hydrogen (secondary N) is 1. The SMILES string of the molecule is CC(C)(C)c1ccc(NN2CCOC2=O)cc1. The van der Waals surface area contributed by atoms with Crippen LogP contribution in [0.25, 0.3) is 0 Å². The normalized spacial score (nSPS) is 15.9. The van der Waals surface area contributed by atoms with E-state index in [4.69, 9.17) is 4.74 Å². The summed E-state index contributed by atoms with van der Waals surface area (Å²) in [5, 5.41) is 1.48. The molecule has 1 aromatic rings. The molecule has 1 aliphatic heterocycles. The molecule has 4 nitrogen and oxygen atoms in total. The second kappa shape index (κ2) is 4.28. The standard InChI is InChI=1S/C13H18N2O2/c1-13(2,3)10-4-6-11(7-5-10)14-15-8-9-17-12(15)16/h4-7,14H,8-9H2,1-3H3. The number of hydrazine groups is 1. The van der Waals surface area contributed by atoms with E-state index in [9.17, 15) is 4.79 Å². The van der Waals surface area contributed by atoms with Crippen molar-refractivity contribution >= 4 is 11.8 Å². The molecule has 1 fully saturated rings. The molecule has 2 rings (SSSR count). The van der Waals surface area contributed by atoms with E-state index in [0.29, 0.717) is 13.2 Å². The summed E-state index contributed by atoms with van der Waals surface area (Å²) >= 11 is 0. The number of nitrogens with zero attached hydrogens (tertiary/aromatic N) is 1. The third kappa shape index (κ3) is 2.70. The van der Waals surface area contributed by atoms with Gasteiger partial charge in [-0.05, 0) is 23.1 Å². The van der Waals surface area contributed by atoms with Crippen LogP contribution in [0.5, 0.6) is 0 Å². The Kier molecular flexibility index (Phi) is 2.96. The Morgan fingerprint density at radius 3 is 2.35 bits per heavy atom. The van der Waals surface area contributed by atoms with Crippen LogP contribution in [0.4, 0.5) is 10.5 Å². The predicted octanol–water partition coefficient (Wildman–Crippen LogP) is 2.76. The molecule has 1 saturated heterocycles. The van der Waals surface area contributed by atoms with Crippen molar-refractivity contribution in [3.63, 3.8) is 0 Å². The van der Waals surface area contributed by atoms with Gasteiger partial charge in [0.15, 0.2) is 0 Å².